The zero-order valence-electron chi connectivity index (χ0n) is 7.26. The second-order valence-electron chi connectivity index (χ2n) is 3.12. The highest BCUT2D eigenvalue weighted by Crippen LogP contribution is 2.29. The van der Waals surface area contributed by atoms with Crippen LogP contribution in [0.15, 0.2) is 12.1 Å². The average Bonchev–Trinajstić information content (AvgIpc) is 2.07. The summed E-state index contributed by atoms with van der Waals surface area (Å²) in [4.78, 5) is 11.3. The fourth-order valence-corrected chi connectivity index (χ4v) is 1.51. The maximum absolute atomic E-state index is 12.9. The molecule has 0 radical (unpaired) electrons. The Kier molecular flexibility index (Phi) is 1.79. The van der Waals surface area contributed by atoms with Gasteiger partial charge in [-0.25, -0.2) is 4.39 Å². The normalized spacial score (nSPS) is 15.1. The minimum Gasteiger partial charge on any atom is -0.492 e. The third kappa shape index (κ3) is 1.30. The molecular weight excluding hydrogens is 171 g/mol. The number of aryl methyl sites for hydroxylation is 1. The van der Waals surface area contributed by atoms with Crippen molar-refractivity contribution in [2.75, 3.05) is 6.61 Å². The largest absolute Gasteiger partial charge is 0.492 e. The first kappa shape index (κ1) is 8.23. The Morgan fingerprint density at radius 1 is 1.46 bits per heavy atom. The molecular formula is C10H9FO2. The summed E-state index contributed by atoms with van der Waals surface area (Å²) in [5.41, 5.74) is 1.06. The first-order valence-corrected chi connectivity index (χ1v) is 4.14. The Bertz CT molecular complexity index is 371. The van der Waals surface area contributed by atoms with Gasteiger partial charge in [0.2, 0.25) is 0 Å². The molecule has 1 aliphatic heterocycles. The van der Waals surface area contributed by atoms with E-state index in [1.54, 1.807) is 6.92 Å². The summed E-state index contributed by atoms with van der Waals surface area (Å²) in [6, 6.07) is 2.61. The molecule has 0 aliphatic carbocycles. The number of carbonyl (C=O) groups excluding carboxylic acids is 1. The Hall–Kier alpha value is -1.38. The molecule has 0 aromatic heterocycles. The first-order chi connectivity index (χ1) is 6.18. The van der Waals surface area contributed by atoms with E-state index in [2.05, 4.69) is 0 Å². The van der Waals surface area contributed by atoms with Crippen LogP contribution in [0.1, 0.15) is 22.3 Å². The van der Waals surface area contributed by atoms with Gasteiger partial charge in [-0.2, -0.15) is 0 Å². The van der Waals surface area contributed by atoms with Crippen LogP contribution in [-0.2, 0) is 0 Å². The predicted molar refractivity (Wildman–Crippen MR) is 45.6 cm³/mol. The van der Waals surface area contributed by atoms with Crippen molar-refractivity contribution >= 4 is 5.78 Å². The van der Waals surface area contributed by atoms with Crippen molar-refractivity contribution in [2.45, 2.75) is 13.3 Å². The van der Waals surface area contributed by atoms with Gasteiger partial charge in [-0.1, -0.05) is 0 Å². The molecule has 0 N–H and O–H groups in total. The molecule has 2 rings (SSSR count). The number of hydrogen-bond acceptors (Lipinski definition) is 2. The van der Waals surface area contributed by atoms with Crippen molar-refractivity contribution < 1.29 is 13.9 Å². The van der Waals surface area contributed by atoms with Crippen molar-refractivity contribution in [3.63, 3.8) is 0 Å². The lowest BCUT2D eigenvalue weighted by Crippen LogP contribution is -2.16. The van der Waals surface area contributed by atoms with Crippen molar-refractivity contribution in [3.05, 3.63) is 29.1 Å². The average molecular weight is 180 g/mol. The molecule has 0 fully saturated rings. The zero-order chi connectivity index (χ0) is 9.42. The van der Waals surface area contributed by atoms with E-state index in [0.717, 1.165) is 0 Å². The molecule has 0 spiro atoms. The Morgan fingerprint density at radius 3 is 3.00 bits per heavy atom. The molecule has 1 heterocycles. The van der Waals surface area contributed by atoms with Crippen molar-refractivity contribution in [1.82, 2.24) is 0 Å². The molecule has 1 aromatic rings. The van der Waals surface area contributed by atoms with Gasteiger partial charge in [0, 0.05) is 6.42 Å². The molecule has 0 atom stereocenters. The van der Waals surface area contributed by atoms with Crippen molar-refractivity contribution in [3.8, 4) is 5.75 Å². The number of halogens is 1. The van der Waals surface area contributed by atoms with Gasteiger partial charge in [0.1, 0.15) is 11.6 Å². The summed E-state index contributed by atoms with van der Waals surface area (Å²) in [5, 5.41) is 0. The van der Waals surface area contributed by atoms with Crippen LogP contribution in [-0.4, -0.2) is 12.4 Å². The highest BCUT2D eigenvalue weighted by Gasteiger charge is 2.20. The second kappa shape index (κ2) is 2.83. The van der Waals surface area contributed by atoms with Crippen LogP contribution in [0, 0.1) is 12.7 Å². The number of carbonyl (C=O) groups is 1. The summed E-state index contributed by atoms with van der Waals surface area (Å²) in [6.07, 6.45) is 0.343. The van der Waals surface area contributed by atoms with Gasteiger partial charge in [0.05, 0.1) is 12.2 Å². The van der Waals surface area contributed by atoms with Gasteiger partial charge >= 0.3 is 0 Å². The van der Waals surface area contributed by atoms with E-state index in [1.165, 1.54) is 12.1 Å². The zero-order valence-corrected chi connectivity index (χ0v) is 7.26. The van der Waals surface area contributed by atoms with E-state index in [4.69, 9.17) is 4.74 Å². The second-order valence-corrected chi connectivity index (χ2v) is 3.12. The first-order valence-electron chi connectivity index (χ1n) is 4.14. The molecule has 1 aliphatic rings. The van der Waals surface area contributed by atoms with Crippen molar-refractivity contribution in [1.29, 1.82) is 0 Å². The molecule has 1 aromatic carbocycles. The summed E-state index contributed by atoms with van der Waals surface area (Å²) < 4.78 is 18.2. The molecule has 3 heteroatoms. The fraction of sp³-hybridized carbons (Fsp3) is 0.300. The van der Waals surface area contributed by atoms with Crippen LogP contribution in [0.4, 0.5) is 4.39 Å². The minimum absolute atomic E-state index is 0.0381. The monoisotopic (exact) mass is 180 g/mol. The van der Waals surface area contributed by atoms with Crippen molar-refractivity contribution in [2.24, 2.45) is 0 Å². The van der Waals surface area contributed by atoms with Crippen LogP contribution in [0.25, 0.3) is 0 Å². The van der Waals surface area contributed by atoms with Gasteiger partial charge in [0.25, 0.3) is 0 Å². The predicted octanol–water partition coefficient (Wildman–Crippen LogP) is 2.10. The maximum atomic E-state index is 12.9. The van der Waals surface area contributed by atoms with Crippen LogP contribution < -0.4 is 4.74 Å². The molecule has 0 saturated carbocycles. The van der Waals surface area contributed by atoms with Crippen LogP contribution in [0.5, 0.6) is 5.75 Å². The van der Waals surface area contributed by atoms with Crippen LogP contribution >= 0.6 is 0 Å². The third-order valence-electron chi connectivity index (χ3n) is 2.12. The Labute approximate surface area is 75.3 Å². The lowest BCUT2D eigenvalue weighted by atomic mass is 10.0. The van der Waals surface area contributed by atoms with E-state index in [0.29, 0.717) is 29.9 Å². The van der Waals surface area contributed by atoms with Gasteiger partial charge in [0.15, 0.2) is 5.78 Å². The molecule has 13 heavy (non-hydrogen) atoms. The van der Waals surface area contributed by atoms with Crippen LogP contribution in [0.3, 0.4) is 0 Å². The number of ketones is 1. The Balaban J connectivity index is 2.63. The smallest absolute Gasteiger partial charge is 0.170 e. The van der Waals surface area contributed by atoms with E-state index in [-0.39, 0.29) is 11.6 Å². The van der Waals surface area contributed by atoms with Gasteiger partial charge in [-0.05, 0) is 24.6 Å². The fourth-order valence-electron chi connectivity index (χ4n) is 1.51. The number of fused-ring (bicyclic) bond motifs is 1. The van der Waals surface area contributed by atoms with Gasteiger partial charge in [-0.15, -0.1) is 0 Å². The Morgan fingerprint density at radius 2 is 2.23 bits per heavy atom. The molecule has 0 unspecified atom stereocenters. The molecule has 2 nitrogen and oxygen atoms in total. The lowest BCUT2D eigenvalue weighted by molar-refractivity contribution is 0.0932. The topological polar surface area (TPSA) is 26.3 Å². The van der Waals surface area contributed by atoms with E-state index >= 15 is 0 Å². The number of Topliss-reactive ketones (excluding diaryl/α,β-unsaturated/α-hetero) is 1. The summed E-state index contributed by atoms with van der Waals surface area (Å²) >= 11 is 0. The molecule has 68 valence electrons. The van der Waals surface area contributed by atoms with Gasteiger partial charge < -0.3 is 4.74 Å². The molecule has 0 saturated heterocycles. The SMILES string of the molecule is Cc1cc(F)cc2c1OCCC2=O. The number of hydrogen-bond donors (Lipinski definition) is 0. The van der Waals surface area contributed by atoms with Gasteiger partial charge in [-0.3, -0.25) is 4.79 Å². The highest BCUT2D eigenvalue weighted by molar-refractivity contribution is 6.00. The van der Waals surface area contributed by atoms with E-state index in [1.807, 2.05) is 0 Å². The summed E-state index contributed by atoms with van der Waals surface area (Å²) in [6.45, 7) is 2.14. The standard InChI is InChI=1S/C10H9FO2/c1-6-4-7(11)5-8-9(12)2-3-13-10(6)8/h4-5H,2-3H2,1H3. The maximum Gasteiger partial charge on any atom is 0.170 e. The van der Waals surface area contributed by atoms with E-state index < -0.39 is 0 Å². The number of rotatable bonds is 0. The summed E-state index contributed by atoms with van der Waals surface area (Å²) in [5.74, 6) is 0.122. The molecule has 0 amide bonds. The highest BCUT2D eigenvalue weighted by atomic mass is 19.1. The summed E-state index contributed by atoms with van der Waals surface area (Å²) in [7, 11) is 0. The third-order valence-corrected chi connectivity index (χ3v) is 2.12. The molecule has 0 bridgehead atoms. The number of ether oxygens (including phenoxy) is 1. The van der Waals surface area contributed by atoms with E-state index in [9.17, 15) is 9.18 Å². The number of benzene rings is 1. The minimum atomic E-state index is -0.380. The van der Waals surface area contributed by atoms with Crippen LogP contribution in [0.2, 0.25) is 0 Å². The lowest BCUT2D eigenvalue weighted by Gasteiger charge is -2.17. The quantitative estimate of drug-likeness (QED) is 0.611.